The summed E-state index contributed by atoms with van der Waals surface area (Å²) in [5.41, 5.74) is 4.51. The number of rotatable bonds is 7. The third-order valence-electron chi connectivity index (χ3n) is 8.31. The fourth-order valence-electron chi connectivity index (χ4n) is 6.57. The molecule has 5 rings (SSSR count). The molecule has 12 heteroatoms. The number of Topliss-reactive ketones (excluding diaryl/α,β-unsaturated/α-hetero) is 2. The van der Waals surface area contributed by atoms with E-state index < -0.39 is 52.3 Å². The number of benzene rings is 1. The molecule has 0 radical (unpaired) electrons. The summed E-state index contributed by atoms with van der Waals surface area (Å²) in [6, 6.07) is 0.779. The Balaban J connectivity index is 1.73. The first kappa shape index (κ1) is 27.8. The molecule has 0 spiro atoms. The standard InChI is InChI=1S/C28H35N5O7/c1-6-7-30-11-17-31-15-10-16(32(2)3)13-8-12-9-14-21(33(4)5)23(35)20(27(29)38)26(37)28(14,39)25(36)18(12)22(34)19(13)24(15)40-17/h10,12,14,21,30,34,37,39H,6-9,11H2,1-5H3,(H2,29,38)/t12-,14-,21-,28-/m0/s1. The van der Waals surface area contributed by atoms with Gasteiger partial charge in [-0.2, -0.15) is 0 Å². The summed E-state index contributed by atoms with van der Waals surface area (Å²) in [7, 11) is 6.90. The average Bonchev–Trinajstić information content (AvgIpc) is 3.28. The van der Waals surface area contributed by atoms with Crippen LogP contribution in [0.4, 0.5) is 5.69 Å². The number of aromatic nitrogens is 1. The Bertz CT molecular complexity index is 1500. The van der Waals surface area contributed by atoms with Crippen LogP contribution in [0.2, 0.25) is 0 Å². The Hall–Kier alpha value is -3.74. The summed E-state index contributed by atoms with van der Waals surface area (Å²) in [6.07, 6.45) is 1.32. The van der Waals surface area contributed by atoms with Gasteiger partial charge in [0.15, 0.2) is 17.0 Å². The monoisotopic (exact) mass is 553 g/mol. The smallest absolute Gasteiger partial charge is 0.255 e. The van der Waals surface area contributed by atoms with E-state index in [2.05, 4.69) is 10.3 Å². The van der Waals surface area contributed by atoms with Gasteiger partial charge in [-0.15, -0.1) is 0 Å². The van der Waals surface area contributed by atoms with Crippen molar-refractivity contribution in [3.63, 3.8) is 0 Å². The van der Waals surface area contributed by atoms with Gasteiger partial charge in [0, 0.05) is 31.3 Å². The largest absolute Gasteiger partial charge is 0.508 e. The normalized spacial score (nSPS) is 26.3. The van der Waals surface area contributed by atoms with Crippen molar-refractivity contribution in [1.29, 1.82) is 0 Å². The number of fused-ring (bicyclic) bond motifs is 5. The summed E-state index contributed by atoms with van der Waals surface area (Å²) in [5, 5.41) is 37.8. The minimum atomic E-state index is -2.63. The summed E-state index contributed by atoms with van der Waals surface area (Å²) in [5.74, 6) is -5.67. The molecule has 40 heavy (non-hydrogen) atoms. The number of anilines is 1. The number of ketones is 2. The summed E-state index contributed by atoms with van der Waals surface area (Å²) >= 11 is 0. The van der Waals surface area contributed by atoms with E-state index >= 15 is 0 Å². The van der Waals surface area contributed by atoms with Crippen molar-refractivity contribution in [2.24, 2.45) is 17.6 Å². The first-order valence-electron chi connectivity index (χ1n) is 13.3. The zero-order chi connectivity index (χ0) is 29.3. The molecular formula is C28H35N5O7. The van der Waals surface area contributed by atoms with E-state index in [0.717, 1.165) is 24.2 Å². The lowest BCUT2D eigenvalue weighted by Crippen LogP contribution is -2.65. The molecule has 4 atom stereocenters. The molecule has 1 aromatic heterocycles. The SMILES string of the molecule is CCCNCc1nc2cc(N(C)C)c3c(c2o1)C(O)=C1C(=O)[C@]2(O)C(O)=C(C(N)=O)C(=O)[C@@H](N(C)C)[C@@H]2C[C@@H]1C3. The van der Waals surface area contributed by atoms with Crippen molar-refractivity contribution in [2.45, 2.75) is 44.4 Å². The maximum atomic E-state index is 14.1. The minimum absolute atomic E-state index is 0.0826. The molecule has 2 aromatic rings. The molecule has 1 fully saturated rings. The van der Waals surface area contributed by atoms with Crippen LogP contribution >= 0.6 is 0 Å². The van der Waals surface area contributed by atoms with Crippen LogP contribution < -0.4 is 16.0 Å². The van der Waals surface area contributed by atoms with Gasteiger partial charge in [0.05, 0.1) is 18.2 Å². The van der Waals surface area contributed by atoms with Crippen molar-refractivity contribution < 1.29 is 34.1 Å². The van der Waals surface area contributed by atoms with Gasteiger partial charge in [-0.05, 0) is 57.5 Å². The van der Waals surface area contributed by atoms with Gasteiger partial charge in [0.2, 0.25) is 11.7 Å². The van der Waals surface area contributed by atoms with E-state index in [1.165, 1.54) is 4.90 Å². The second kappa shape index (κ2) is 9.72. The number of aliphatic hydroxyl groups is 3. The third-order valence-corrected chi connectivity index (χ3v) is 8.31. The van der Waals surface area contributed by atoms with Gasteiger partial charge in [-0.25, -0.2) is 4.98 Å². The number of hydrogen-bond acceptors (Lipinski definition) is 11. The molecule has 12 nitrogen and oxygen atoms in total. The molecule has 214 valence electrons. The zero-order valence-electron chi connectivity index (χ0n) is 23.2. The number of nitrogens with zero attached hydrogens (tertiary/aromatic N) is 3. The molecule has 3 aliphatic rings. The second-order valence-corrected chi connectivity index (χ2v) is 11.2. The van der Waals surface area contributed by atoms with Crippen LogP contribution in [0.3, 0.4) is 0 Å². The van der Waals surface area contributed by atoms with Gasteiger partial charge in [-0.1, -0.05) is 6.92 Å². The molecule has 0 saturated heterocycles. The number of likely N-dealkylation sites (N-methyl/N-ethyl adjacent to an activating group) is 1. The molecule has 0 aliphatic heterocycles. The summed E-state index contributed by atoms with van der Waals surface area (Å²) in [6.45, 7) is 3.19. The number of oxazole rings is 1. The van der Waals surface area contributed by atoms with Gasteiger partial charge >= 0.3 is 0 Å². The fraction of sp³-hybridized carbons (Fsp3) is 0.500. The van der Waals surface area contributed by atoms with E-state index in [1.54, 1.807) is 14.1 Å². The maximum Gasteiger partial charge on any atom is 0.255 e. The highest BCUT2D eigenvalue weighted by atomic mass is 16.4. The summed E-state index contributed by atoms with van der Waals surface area (Å²) < 4.78 is 6.07. The van der Waals surface area contributed by atoms with Crippen LogP contribution in [0.25, 0.3) is 16.9 Å². The molecule has 1 amide bonds. The molecular weight excluding hydrogens is 518 g/mol. The van der Waals surface area contributed by atoms with Crippen molar-refractivity contribution in [1.82, 2.24) is 15.2 Å². The number of aliphatic hydroxyl groups excluding tert-OH is 2. The molecule has 1 aromatic carbocycles. The topological polar surface area (TPSA) is 182 Å². The van der Waals surface area contributed by atoms with Gasteiger partial charge in [-0.3, -0.25) is 19.3 Å². The minimum Gasteiger partial charge on any atom is -0.508 e. The van der Waals surface area contributed by atoms with E-state index in [-0.39, 0.29) is 17.8 Å². The van der Waals surface area contributed by atoms with Crippen LogP contribution in [0, 0.1) is 11.8 Å². The lowest BCUT2D eigenvalue weighted by molar-refractivity contribution is -0.153. The number of primary amides is 1. The first-order chi connectivity index (χ1) is 18.8. The molecule has 1 saturated carbocycles. The summed E-state index contributed by atoms with van der Waals surface area (Å²) in [4.78, 5) is 47.5. The predicted octanol–water partition coefficient (Wildman–Crippen LogP) is 0.965. The Morgan fingerprint density at radius 2 is 1.95 bits per heavy atom. The van der Waals surface area contributed by atoms with Crippen LogP contribution in [0.5, 0.6) is 0 Å². The van der Waals surface area contributed by atoms with Crippen molar-refractivity contribution in [3.05, 3.63) is 40.0 Å². The van der Waals surface area contributed by atoms with Crippen molar-refractivity contribution >= 4 is 40.0 Å². The Labute approximate surface area is 231 Å². The first-order valence-corrected chi connectivity index (χ1v) is 13.3. The lowest BCUT2D eigenvalue weighted by Gasteiger charge is -2.50. The highest BCUT2D eigenvalue weighted by Crippen LogP contribution is 2.53. The number of carbonyl (C=O) groups excluding carboxylic acids is 3. The number of amides is 1. The molecule has 0 bridgehead atoms. The fourth-order valence-corrected chi connectivity index (χ4v) is 6.57. The number of carbonyl (C=O) groups is 3. The van der Waals surface area contributed by atoms with Crippen LogP contribution in [0.1, 0.15) is 36.8 Å². The van der Waals surface area contributed by atoms with Crippen LogP contribution in [0.15, 0.2) is 27.4 Å². The maximum absolute atomic E-state index is 14.1. The predicted molar refractivity (Wildman–Crippen MR) is 146 cm³/mol. The Morgan fingerprint density at radius 3 is 2.55 bits per heavy atom. The van der Waals surface area contributed by atoms with Crippen LogP contribution in [-0.4, -0.2) is 89.1 Å². The lowest BCUT2D eigenvalue weighted by atomic mass is 9.57. The number of hydrogen-bond donors (Lipinski definition) is 5. The third kappa shape index (κ3) is 3.85. The van der Waals surface area contributed by atoms with Crippen molar-refractivity contribution in [2.75, 3.05) is 39.6 Å². The van der Waals surface area contributed by atoms with Gasteiger partial charge in [0.25, 0.3) is 5.91 Å². The Kier molecular flexibility index (Phi) is 6.76. The van der Waals surface area contributed by atoms with E-state index in [9.17, 15) is 29.7 Å². The van der Waals surface area contributed by atoms with E-state index in [4.69, 9.17) is 10.2 Å². The van der Waals surface area contributed by atoms with Crippen molar-refractivity contribution in [3.8, 4) is 0 Å². The second-order valence-electron chi connectivity index (χ2n) is 11.2. The number of nitrogens with two attached hydrogens (primary N) is 1. The zero-order valence-corrected chi connectivity index (χ0v) is 23.2. The molecule has 6 N–H and O–H groups in total. The van der Waals surface area contributed by atoms with E-state index in [0.29, 0.717) is 35.5 Å². The molecule has 1 heterocycles. The Morgan fingerprint density at radius 1 is 1.25 bits per heavy atom. The molecule has 3 aliphatic carbocycles. The quantitative estimate of drug-likeness (QED) is 0.243. The number of nitrogens with one attached hydrogen (secondary N) is 1. The average molecular weight is 554 g/mol. The highest BCUT2D eigenvalue weighted by molar-refractivity contribution is 6.24. The molecule has 0 unspecified atom stereocenters. The highest BCUT2D eigenvalue weighted by Gasteiger charge is 2.64. The van der Waals surface area contributed by atoms with Gasteiger partial charge < -0.3 is 35.7 Å². The van der Waals surface area contributed by atoms with E-state index in [1.807, 2.05) is 32.0 Å². The van der Waals surface area contributed by atoms with Gasteiger partial charge in [0.1, 0.15) is 22.6 Å². The van der Waals surface area contributed by atoms with Crippen LogP contribution in [-0.2, 0) is 27.3 Å².